The van der Waals surface area contributed by atoms with Crippen molar-refractivity contribution in [3.8, 4) is 5.69 Å². The average molecular weight is 455 g/mol. The Morgan fingerprint density at radius 1 is 1.33 bits per heavy atom. The van der Waals surface area contributed by atoms with E-state index in [1.807, 2.05) is 0 Å². The fourth-order valence-corrected chi connectivity index (χ4v) is 3.43. The van der Waals surface area contributed by atoms with Crippen molar-refractivity contribution in [1.82, 2.24) is 19.4 Å². The van der Waals surface area contributed by atoms with Crippen LogP contribution >= 0.6 is 0 Å². The number of cyclic esters (lactones) is 1. The molecule has 1 aliphatic rings. The summed E-state index contributed by atoms with van der Waals surface area (Å²) in [6, 6.07) is 7.72. The molecule has 1 N–H and O–H groups in total. The Morgan fingerprint density at radius 3 is 2.85 bits per heavy atom. The van der Waals surface area contributed by atoms with Gasteiger partial charge in [0.05, 0.1) is 36.5 Å². The molecule has 2 aromatic heterocycles. The number of rotatable bonds is 7. The van der Waals surface area contributed by atoms with Gasteiger partial charge in [0.1, 0.15) is 24.2 Å². The first-order valence-corrected chi connectivity index (χ1v) is 10.2. The van der Waals surface area contributed by atoms with Gasteiger partial charge in [-0.25, -0.2) is 19.0 Å². The average Bonchev–Trinajstić information content (AvgIpc) is 3.50. The molecule has 33 heavy (non-hydrogen) atoms. The van der Waals surface area contributed by atoms with E-state index in [1.54, 1.807) is 42.2 Å². The van der Waals surface area contributed by atoms with Crippen LogP contribution in [0.2, 0.25) is 0 Å². The Morgan fingerprint density at radius 2 is 2.15 bits per heavy atom. The van der Waals surface area contributed by atoms with Crippen molar-refractivity contribution >= 4 is 23.7 Å². The standard InChI is InChI=1S/C22H22FN5O5/c1-14(29)24-9-17-11-28(22(31)33-17)16-5-6-19(18(23)8-16)27-10-15(25-13-27)12-32-21(30)20-4-3-7-26(20)2/h3-8,10,13,17H,9,11-12H2,1-2H3,(H,24,29). The third-order valence-electron chi connectivity index (χ3n) is 5.11. The maximum atomic E-state index is 14.8. The third kappa shape index (κ3) is 4.86. The number of hydrogen-bond donors (Lipinski definition) is 1. The lowest BCUT2D eigenvalue weighted by molar-refractivity contribution is -0.119. The van der Waals surface area contributed by atoms with E-state index >= 15 is 0 Å². The maximum absolute atomic E-state index is 14.8. The molecular weight excluding hydrogens is 433 g/mol. The molecular formula is C22H22FN5O5. The van der Waals surface area contributed by atoms with Gasteiger partial charge >= 0.3 is 12.1 Å². The highest BCUT2D eigenvalue weighted by molar-refractivity contribution is 5.90. The van der Waals surface area contributed by atoms with E-state index in [0.717, 1.165) is 0 Å². The molecule has 11 heteroatoms. The van der Waals surface area contributed by atoms with Gasteiger partial charge in [0.2, 0.25) is 5.91 Å². The molecule has 1 unspecified atom stereocenters. The van der Waals surface area contributed by atoms with Crippen molar-refractivity contribution in [3.63, 3.8) is 0 Å². The topological polar surface area (TPSA) is 108 Å². The van der Waals surface area contributed by atoms with Crippen LogP contribution in [0, 0.1) is 5.82 Å². The molecule has 1 aromatic carbocycles. The van der Waals surface area contributed by atoms with Gasteiger partial charge in [-0.15, -0.1) is 0 Å². The third-order valence-corrected chi connectivity index (χ3v) is 5.11. The van der Waals surface area contributed by atoms with Crippen LogP contribution in [0.15, 0.2) is 49.1 Å². The molecule has 3 heterocycles. The van der Waals surface area contributed by atoms with Crippen molar-refractivity contribution in [3.05, 3.63) is 66.3 Å². The van der Waals surface area contributed by atoms with Crippen LogP contribution in [0.25, 0.3) is 5.69 Å². The molecule has 1 aliphatic heterocycles. The number of hydrogen-bond acceptors (Lipinski definition) is 6. The van der Waals surface area contributed by atoms with Crippen molar-refractivity contribution < 1.29 is 28.2 Å². The zero-order valence-corrected chi connectivity index (χ0v) is 18.0. The number of carbonyl (C=O) groups excluding carboxylic acids is 3. The predicted octanol–water partition coefficient (Wildman–Crippen LogP) is 2.17. The lowest BCUT2D eigenvalue weighted by atomic mass is 10.2. The number of halogens is 1. The molecule has 1 atom stereocenters. The van der Waals surface area contributed by atoms with Gasteiger partial charge in [-0.05, 0) is 30.3 Å². The first-order valence-electron chi connectivity index (χ1n) is 10.2. The number of nitrogens with zero attached hydrogens (tertiary/aromatic N) is 4. The van der Waals surface area contributed by atoms with E-state index in [1.165, 1.54) is 34.9 Å². The summed E-state index contributed by atoms with van der Waals surface area (Å²) in [6.45, 7) is 1.69. The molecule has 0 aliphatic carbocycles. The van der Waals surface area contributed by atoms with Crippen LogP contribution in [-0.4, -0.2) is 51.3 Å². The molecule has 10 nitrogen and oxygen atoms in total. The molecule has 2 amide bonds. The summed E-state index contributed by atoms with van der Waals surface area (Å²) in [7, 11) is 1.74. The maximum Gasteiger partial charge on any atom is 0.414 e. The zero-order chi connectivity index (χ0) is 23.5. The van der Waals surface area contributed by atoms with E-state index in [-0.39, 0.29) is 31.3 Å². The van der Waals surface area contributed by atoms with Crippen molar-refractivity contribution in [2.45, 2.75) is 19.6 Å². The van der Waals surface area contributed by atoms with Crippen molar-refractivity contribution in [2.24, 2.45) is 7.05 Å². The number of ether oxygens (including phenoxy) is 2. The first-order chi connectivity index (χ1) is 15.8. The Labute approximate surface area is 188 Å². The first kappa shape index (κ1) is 22.1. The van der Waals surface area contributed by atoms with Gasteiger partial charge < -0.3 is 23.9 Å². The highest BCUT2D eigenvalue weighted by atomic mass is 19.1. The number of imidazole rings is 1. The molecule has 1 fully saturated rings. The lowest BCUT2D eigenvalue weighted by Gasteiger charge is -2.14. The second kappa shape index (κ2) is 9.15. The molecule has 0 bridgehead atoms. The number of amides is 2. The minimum Gasteiger partial charge on any atom is -0.454 e. The number of aromatic nitrogens is 3. The summed E-state index contributed by atoms with van der Waals surface area (Å²) < 4.78 is 28.4. The summed E-state index contributed by atoms with van der Waals surface area (Å²) in [4.78, 5) is 40.8. The van der Waals surface area contributed by atoms with Crippen molar-refractivity contribution in [1.29, 1.82) is 0 Å². The van der Waals surface area contributed by atoms with Gasteiger partial charge in [0.25, 0.3) is 0 Å². The smallest absolute Gasteiger partial charge is 0.414 e. The Hall–Kier alpha value is -4.15. The number of esters is 1. The van der Waals surface area contributed by atoms with Crippen LogP contribution in [0.1, 0.15) is 23.1 Å². The number of aryl methyl sites for hydroxylation is 1. The predicted molar refractivity (Wildman–Crippen MR) is 114 cm³/mol. The fourth-order valence-electron chi connectivity index (χ4n) is 3.43. The van der Waals surface area contributed by atoms with Gasteiger partial charge in [0, 0.05) is 26.4 Å². The van der Waals surface area contributed by atoms with Gasteiger partial charge in [0.15, 0.2) is 0 Å². The number of anilines is 1. The Kier molecular flexibility index (Phi) is 6.11. The summed E-state index contributed by atoms with van der Waals surface area (Å²) in [5.74, 6) is -1.29. The SMILES string of the molecule is CC(=O)NCC1CN(c2ccc(-n3cnc(COC(=O)c4cccn4C)c3)c(F)c2)C(=O)O1. The van der Waals surface area contributed by atoms with Crippen LogP contribution < -0.4 is 10.2 Å². The fraction of sp³-hybridized carbons (Fsp3) is 0.273. The monoisotopic (exact) mass is 455 g/mol. The van der Waals surface area contributed by atoms with E-state index < -0.39 is 24.0 Å². The van der Waals surface area contributed by atoms with E-state index in [2.05, 4.69) is 10.3 Å². The summed E-state index contributed by atoms with van der Waals surface area (Å²) >= 11 is 0. The van der Waals surface area contributed by atoms with Crippen LogP contribution in [-0.2, 0) is 27.9 Å². The quantitative estimate of drug-likeness (QED) is 0.547. The summed E-state index contributed by atoms with van der Waals surface area (Å²) in [5.41, 5.74) is 1.41. The Bertz CT molecular complexity index is 1200. The summed E-state index contributed by atoms with van der Waals surface area (Å²) in [6.07, 6.45) is 3.59. The minimum absolute atomic E-state index is 0.0635. The van der Waals surface area contributed by atoms with Crippen molar-refractivity contribution in [2.75, 3.05) is 18.0 Å². The van der Waals surface area contributed by atoms with E-state index in [0.29, 0.717) is 17.1 Å². The Balaban J connectivity index is 1.41. The second-order valence-electron chi connectivity index (χ2n) is 7.54. The number of nitrogens with one attached hydrogen (secondary N) is 1. The molecule has 4 rings (SSSR count). The minimum atomic E-state index is -0.609. The normalized spacial score (nSPS) is 15.4. The van der Waals surface area contributed by atoms with E-state index in [4.69, 9.17) is 9.47 Å². The van der Waals surface area contributed by atoms with Crippen LogP contribution in [0.4, 0.5) is 14.9 Å². The lowest BCUT2D eigenvalue weighted by Crippen LogP contribution is -2.33. The molecule has 0 spiro atoms. The van der Waals surface area contributed by atoms with Crippen LogP contribution in [0.5, 0.6) is 0 Å². The van der Waals surface area contributed by atoms with Crippen LogP contribution in [0.3, 0.4) is 0 Å². The molecule has 172 valence electrons. The highest BCUT2D eigenvalue weighted by Crippen LogP contribution is 2.25. The zero-order valence-electron chi connectivity index (χ0n) is 18.0. The summed E-state index contributed by atoms with van der Waals surface area (Å²) in [5, 5.41) is 2.59. The van der Waals surface area contributed by atoms with Gasteiger partial charge in [-0.3, -0.25) is 9.69 Å². The van der Waals surface area contributed by atoms with Gasteiger partial charge in [-0.1, -0.05) is 0 Å². The molecule has 0 radical (unpaired) electrons. The number of carbonyl (C=O) groups is 3. The molecule has 0 saturated carbocycles. The highest BCUT2D eigenvalue weighted by Gasteiger charge is 2.32. The molecule has 1 saturated heterocycles. The van der Waals surface area contributed by atoms with Gasteiger partial charge in [-0.2, -0.15) is 0 Å². The second-order valence-corrected chi connectivity index (χ2v) is 7.54. The number of benzene rings is 1. The largest absolute Gasteiger partial charge is 0.454 e. The van der Waals surface area contributed by atoms with E-state index in [9.17, 15) is 18.8 Å². The molecule has 3 aromatic rings.